The van der Waals surface area contributed by atoms with Crippen LogP contribution in [0.5, 0.6) is 0 Å². The second-order valence-electron chi connectivity index (χ2n) is 9.49. The van der Waals surface area contributed by atoms with Crippen molar-refractivity contribution in [3.8, 4) is 44.5 Å². The quantitative estimate of drug-likeness (QED) is 0.255. The van der Waals surface area contributed by atoms with Gasteiger partial charge in [0, 0.05) is 0 Å². The molecule has 0 unspecified atom stereocenters. The standard InChI is InChI=1S/C34H24/c1-21-9-5-13-24(19-21)31-26-15-3-4-16-27(26)32(25-14-6-10-22(2)20-25)34-29-18-8-12-23-11-7-17-28(30(23)29)33(31)34/h3-20H,1-2H3. The third-order valence-electron chi connectivity index (χ3n) is 7.27. The van der Waals surface area contributed by atoms with Crippen LogP contribution in [0.2, 0.25) is 0 Å². The van der Waals surface area contributed by atoms with Gasteiger partial charge in [-0.25, -0.2) is 0 Å². The number of benzene rings is 6. The van der Waals surface area contributed by atoms with E-state index in [1.165, 1.54) is 77.2 Å². The fraction of sp³-hybridized carbons (Fsp3) is 0.0588. The van der Waals surface area contributed by atoms with Crippen molar-refractivity contribution in [3.05, 3.63) is 120 Å². The molecule has 0 spiro atoms. The van der Waals surface area contributed by atoms with E-state index < -0.39 is 0 Å². The molecule has 0 atom stereocenters. The lowest BCUT2D eigenvalue weighted by Gasteiger charge is -2.20. The minimum atomic E-state index is 1.28. The molecule has 0 saturated heterocycles. The second-order valence-corrected chi connectivity index (χ2v) is 9.49. The lowest BCUT2D eigenvalue weighted by atomic mass is 9.82. The Kier molecular flexibility index (Phi) is 4.07. The van der Waals surface area contributed by atoms with E-state index in [4.69, 9.17) is 0 Å². The van der Waals surface area contributed by atoms with E-state index >= 15 is 0 Å². The molecule has 6 aromatic carbocycles. The lowest BCUT2D eigenvalue weighted by Crippen LogP contribution is -1.94. The van der Waals surface area contributed by atoms with Gasteiger partial charge in [-0.1, -0.05) is 120 Å². The van der Waals surface area contributed by atoms with Crippen LogP contribution in [0.4, 0.5) is 0 Å². The molecule has 0 fully saturated rings. The summed E-state index contributed by atoms with van der Waals surface area (Å²) >= 11 is 0. The largest absolute Gasteiger partial charge is 0.0616 e. The summed E-state index contributed by atoms with van der Waals surface area (Å²) in [5, 5.41) is 5.31. The van der Waals surface area contributed by atoms with Gasteiger partial charge in [0.25, 0.3) is 0 Å². The molecule has 0 N–H and O–H groups in total. The molecule has 0 heteroatoms. The van der Waals surface area contributed by atoms with Crippen LogP contribution in [0.15, 0.2) is 109 Å². The van der Waals surface area contributed by atoms with E-state index in [0.717, 1.165) is 0 Å². The van der Waals surface area contributed by atoms with Crippen LogP contribution in [0.3, 0.4) is 0 Å². The molecule has 160 valence electrons. The Bertz CT molecular complexity index is 1640. The van der Waals surface area contributed by atoms with Crippen LogP contribution < -0.4 is 0 Å². The Morgan fingerprint density at radius 1 is 0.412 bits per heavy atom. The van der Waals surface area contributed by atoms with Gasteiger partial charge in [-0.15, -0.1) is 0 Å². The van der Waals surface area contributed by atoms with Crippen molar-refractivity contribution < 1.29 is 0 Å². The van der Waals surface area contributed by atoms with Crippen LogP contribution in [0.1, 0.15) is 11.1 Å². The highest BCUT2D eigenvalue weighted by molar-refractivity contribution is 6.27. The molecule has 0 aliphatic heterocycles. The average Bonchev–Trinajstić information content (AvgIpc) is 3.18. The highest BCUT2D eigenvalue weighted by atomic mass is 14.3. The molecular weight excluding hydrogens is 408 g/mol. The highest BCUT2D eigenvalue weighted by Gasteiger charge is 2.30. The molecular formula is C34H24. The van der Waals surface area contributed by atoms with E-state index in [1.807, 2.05) is 0 Å². The van der Waals surface area contributed by atoms with Gasteiger partial charge in [-0.3, -0.25) is 0 Å². The van der Waals surface area contributed by atoms with Gasteiger partial charge in [-0.05, 0) is 79.9 Å². The van der Waals surface area contributed by atoms with Gasteiger partial charge in [0.05, 0.1) is 0 Å². The maximum absolute atomic E-state index is 2.33. The summed E-state index contributed by atoms with van der Waals surface area (Å²) in [6, 6.07) is 40.4. The molecule has 7 rings (SSSR count). The third kappa shape index (κ3) is 2.66. The molecule has 0 aromatic heterocycles. The van der Waals surface area contributed by atoms with Crippen molar-refractivity contribution >= 4 is 21.5 Å². The summed E-state index contributed by atoms with van der Waals surface area (Å²) < 4.78 is 0. The molecule has 0 nitrogen and oxygen atoms in total. The Hall–Kier alpha value is -4.16. The van der Waals surface area contributed by atoms with E-state index in [2.05, 4.69) is 123 Å². The summed E-state index contributed by atoms with van der Waals surface area (Å²) in [4.78, 5) is 0. The first-order chi connectivity index (χ1) is 16.7. The minimum absolute atomic E-state index is 1.28. The molecule has 1 aliphatic carbocycles. The predicted octanol–water partition coefficient (Wildman–Crippen LogP) is 9.59. The fourth-order valence-electron chi connectivity index (χ4n) is 5.94. The van der Waals surface area contributed by atoms with E-state index in [0.29, 0.717) is 0 Å². The zero-order valence-electron chi connectivity index (χ0n) is 19.4. The smallest absolute Gasteiger partial charge is 0.000741 e. The third-order valence-corrected chi connectivity index (χ3v) is 7.27. The Balaban J connectivity index is 1.76. The van der Waals surface area contributed by atoms with Gasteiger partial charge < -0.3 is 0 Å². The van der Waals surface area contributed by atoms with Crippen molar-refractivity contribution in [3.63, 3.8) is 0 Å². The van der Waals surface area contributed by atoms with Crippen LogP contribution in [-0.2, 0) is 0 Å². The zero-order chi connectivity index (χ0) is 22.8. The summed E-state index contributed by atoms with van der Waals surface area (Å²) in [6.07, 6.45) is 0. The van der Waals surface area contributed by atoms with Gasteiger partial charge in [-0.2, -0.15) is 0 Å². The Morgan fingerprint density at radius 2 is 0.882 bits per heavy atom. The van der Waals surface area contributed by atoms with Crippen LogP contribution in [-0.4, -0.2) is 0 Å². The molecule has 0 heterocycles. The van der Waals surface area contributed by atoms with Gasteiger partial charge >= 0.3 is 0 Å². The molecule has 34 heavy (non-hydrogen) atoms. The monoisotopic (exact) mass is 432 g/mol. The van der Waals surface area contributed by atoms with E-state index in [9.17, 15) is 0 Å². The predicted molar refractivity (Wildman–Crippen MR) is 146 cm³/mol. The summed E-state index contributed by atoms with van der Waals surface area (Å²) in [6.45, 7) is 4.37. The van der Waals surface area contributed by atoms with Crippen molar-refractivity contribution in [1.82, 2.24) is 0 Å². The van der Waals surface area contributed by atoms with E-state index in [-0.39, 0.29) is 0 Å². The van der Waals surface area contributed by atoms with Gasteiger partial charge in [0.1, 0.15) is 0 Å². The Morgan fingerprint density at radius 3 is 1.35 bits per heavy atom. The summed E-state index contributed by atoms with van der Waals surface area (Å²) in [7, 11) is 0. The van der Waals surface area contributed by atoms with Crippen molar-refractivity contribution in [1.29, 1.82) is 0 Å². The molecule has 1 aliphatic rings. The van der Waals surface area contributed by atoms with Crippen LogP contribution in [0.25, 0.3) is 66.1 Å². The first-order valence-corrected chi connectivity index (χ1v) is 12.0. The maximum Gasteiger partial charge on any atom is -0.000741 e. The normalized spacial score (nSPS) is 11.8. The van der Waals surface area contributed by atoms with Crippen LogP contribution >= 0.6 is 0 Å². The molecule has 6 aromatic rings. The van der Waals surface area contributed by atoms with Crippen molar-refractivity contribution in [2.24, 2.45) is 0 Å². The molecule has 0 radical (unpaired) electrons. The van der Waals surface area contributed by atoms with Crippen molar-refractivity contribution in [2.75, 3.05) is 0 Å². The highest BCUT2D eigenvalue weighted by Crippen LogP contribution is 2.57. The van der Waals surface area contributed by atoms with Crippen LogP contribution in [0, 0.1) is 13.8 Å². The summed E-state index contributed by atoms with van der Waals surface area (Å²) in [5.74, 6) is 0. The SMILES string of the molecule is Cc1cccc(-c2c3c(c(-c4cccc(C)c4)c4ccccc24)-c2cccc4cccc-3c24)c1. The number of aryl methyl sites for hydroxylation is 2. The lowest BCUT2D eigenvalue weighted by molar-refractivity contribution is 1.47. The minimum Gasteiger partial charge on any atom is -0.0616 e. The first-order valence-electron chi connectivity index (χ1n) is 12.0. The average molecular weight is 433 g/mol. The molecule has 0 bridgehead atoms. The summed E-state index contributed by atoms with van der Waals surface area (Å²) in [5.41, 5.74) is 13.3. The second kappa shape index (κ2) is 7.17. The zero-order valence-corrected chi connectivity index (χ0v) is 19.4. The van der Waals surface area contributed by atoms with E-state index in [1.54, 1.807) is 0 Å². The number of hydrogen-bond donors (Lipinski definition) is 0. The topological polar surface area (TPSA) is 0 Å². The Labute approximate surface area is 200 Å². The first kappa shape index (κ1) is 19.3. The number of fused-ring (bicyclic) bond motifs is 4. The number of rotatable bonds is 2. The van der Waals surface area contributed by atoms with Gasteiger partial charge in [0.2, 0.25) is 0 Å². The van der Waals surface area contributed by atoms with Crippen molar-refractivity contribution in [2.45, 2.75) is 13.8 Å². The maximum atomic E-state index is 2.33. The molecule has 0 amide bonds. The van der Waals surface area contributed by atoms with Gasteiger partial charge in [0.15, 0.2) is 0 Å². The number of hydrogen-bond acceptors (Lipinski definition) is 0. The molecule has 0 saturated carbocycles. The fourth-order valence-corrected chi connectivity index (χ4v) is 5.94.